The van der Waals surface area contributed by atoms with E-state index in [0.29, 0.717) is 23.2 Å². The van der Waals surface area contributed by atoms with Gasteiger partial charge in [0.1, 0.15) is 0 Å². The van der Waals surface area contributed by atoms with E-state index in [0.717, 1.165) is 4.47 Å². The van der Waals surface area contributed by atoms with Crippen LogP contribution in [-0.2, 0) is 11.3 Å². The zero-order chi connectivity index (χ0) is 19.3. The lowest BCUT2D eigenvalue weighted by Gasteiger charge is -2.18. The maximum absolute atomic E-state index is 12.7. The molecule has 2 rings (SSSR count). The summed E-state index contributed by atoms with van der Waals surface area (Å²) in [6.45, 7) is 2.01. The van der Waals surface area contributed by atoms with Crippen LogP contribution in [0.3, 0.4) is 0 Å². The molecule has 0 bridgehead atoms. The second-order valence-electron chi connectivity index (χ2n) is 5.64. The van der Waals surface area contributed by atoms with Crippen LogP contribution in [-0.4, -0.2) is 39.8 Å². The Morgan fingerprint density at radius 2 is 1.88 bits per heavy atom. The standard InChI is InChI=1S/C18H17BrN2O5/c1-2-20(11-17(22)23)10-14-8-13(6-7-16(14)21(25)26)18(24)12-4-3-5-15(19)9-12/h3-9H,2,10-11H2,1H3,(H,22,23). The second kappa shape index (κ2) is 8.68. The molecule has 2 aromatic rings. The topological polar surface area (TPSA) is 101 Å². The van der Waals surface area contributed by atoms with Gasteiger partial charge in [-0.05, 0) is 30.8 Å². The Labute approximate surface area is 158 Å². The highest BCUT2D eigenvalue weighted by molar-refractivity contribution is 9.10. The van der Waals surface area contributed by atoms with Crippen molar-refractivity contribution >= 4 is 33.4 Å². The number of nitro groups is 1. The highest BCUT2D eigenvalue weighted by Gasteiger charge is 2.20. The van der Waals surface area contributed by atoms with Gasteiger partial charge in [-0.15, -0.1) is 0 Å². The van der Waals surface area contributed by atoms with Gasteiger partial charge >= 0.3 is 5.97 Å². The van der Waals surface area contributed by atoms with Crippen molar-refractivity contribution in [2.24, 2.45) is 0 Å². The lowest BCUT2D eigenvalue weighted by atomic mass is 10.00. The van der Waals surface area contributed by atoms with Gasteiger partial charge in [-0.1, -0.05) is 35.0 Å². The van der Waals surface area contributed by atoms with E-state index in [4.69, 9.17) is 5.11 Å². The van der Waals surface area contributed by atoms with E-state index >= 15 is 0 Å². The smallest absolute Gasteiger partial charge is 0.317 e. The van der Waals surface area contributed by atoms with Crippen molar-refractivity contribution in [2.45, 2.75) is 13.5 Å². The maximum Gasteiger partial charge on any atom is 0.317 e. The molecule has 0 aliphatic heterocycles. The predicted octanol–water partition coefficient (Wildman–Crippen LogP) is 3.49. The molecule has 0 saturated carbocycles. The van der Waals surface area contributed by atoms with Crippen molar-refractivity contribution in [3.8, 4) is 0 Å². The minimum atomic E-state index is -1.02. The highest BCUT2D eigenvalue weighted by Crippen LogP contribution is 2.24. The molecule has 0 unspecified atom stereocenters. The average Bonchev–Trinajstić information content (AvgIpc) is 2.59. The van der Waals surface area contributed by atoms with Gasteiger partial charge in [0.25, 0.3) is 5.69 Å². The Hall–Kier alpha value is -2.58. The number of carboxylic acids is 1. The van der Waals surface area contributed by atoms with Gasteiger partial charge in [-0.2, -0.15) is 0 Å². The summed E-state index contributed by atoms with van der Waals surface area (Å²) in [5.41, 5.74) is 0.936. The molecule has 0 aliphatic rings. The molecule has 0 radical (unpaired) electrons. The van der Waals surface area contributed by atoms with Crippen LogP contribution in [0.15, 0.2) is 46.9 Å². The Balaban J connectivity index is 2.39. The fraction of sp³-hybridized carbons (Fsp3) is 0.222. The van der Waals surface area contributed by atoms with Crippen molar-refractivity contribution in [1.82, 2.24) is 4.90 Å². The largest absolute Gasteiger partial charge is 0.480 e. The fourth-order valence-corrected chi connectivity index (χ4v) is 2.94. The summed E-state index contributed by atoms with van der Waals surface area (Å²) >= 11 is 3.31. The molecule has 0 spiro atoms. The van der Waals surface area contributed by atoms with Gasteiger partial charge in [-0.25, -0.2) is 0 Å². The number of aliphatic carboxylic acids is 1. The van der Waals surface area contributed by atoms with Gasteiger partial charge < -0.3 is 5.11 Å². The molecule has 1 N–H and O–H groups in total. The van der Waals surface area contributed by atoms with Crippen LogP contribution in [0.25, 0.3) is 0 Å². The summed E-state index contributed by atoms with van der Waals surface area (Å²) < 4.78 is 0.754. The van der Waals surface area contributed by atoms with Gasteiger partial charge in [0.15, 0.2) is 5.78 Å². The number of ketones is 1. The first kappa shape index (κ1) is 19.7. The van der Waals surface area contributed by atoms with Crippen LogP contribution in [0.5, 0.6) is 0 Å². The SMILES string of the molecule is CCN(CC(=O)O)Cc1cc(C(=O)c2cccc(Br)c2)ccc1[N+](=O)[O-]. The number of carbonyl (C=O) groups is 2. The molecule has 0 saturated heterocycles. The summed E-state index contributed by atoms with van der Waals surface area (Å²) in [6, 6.07) is 11.0. The number of carboxylic acid groups (broad SMARTS) is 1. The molecule has 0 atom stereocenters. The Morgan fingerprint density at radius 3 is 2.46 bits per heavy atom. The van der Waals surface area contributed by atoms with Crippen molar-refractivity contribution in [2.75, 3.05) is 13.1 Å². The van der Waals surface area contributed by atoms with Gasteiger partial charge in [0.05, 0.1) is 11.5 Å². The molecule has 8 heteroatoms. The van der Waals surface area contributed by atoms with Crippen LogP contribution in [0, 0.1) is 10.1 Å². The van der Waals surface area contributed by atoms with Gasteiger partial charge in [0.2, 0.25) is 0 Å². The third-order valence-corrected chi connectivity index (χ3v) is 4.32. The summed E-state index contributed by atoms with van der Waals surface area (Å²) in [4.78, 5) is 35.9. The number of hydrogen-bond donors (Lipinski definition) is 1. The summed E-state index contributed by atoms with van der Waals surface area (Å²) in [7, 11) is 0. The third-order valence-electron chi connectivity index (χ3n) is 3.83. The zero-order valence-corrected chi connectivity index (χ0v) is 15.6. The molecule has 0 aliphatic carbocycles. The van der Waals surface area contributed by atoms with Crippen LogP contribution in [0.1, 0.15) is 28.4 Å². The Kier molecular flexibility index (Phi) is 6.59. The lowest BCUT2D eigenvalue weighted by molar-refractivity contribution is -0.385. The van der Waals surface area contributed by atoms with Crippen LogP contribution in [0.2, 0.25) is 0 Å². The van der Waals surface area contributed by atoms with Crippen molar-refractivity contribution in [3.05, 3.63) is 73.7 Å². The van der Waals surface area contributed by atoms with E-state index in [1.54, 1.807) is 36.1 Å². The number of nitro benzene ring substituents is 1. The fourth-order valence-electron chi connectivity index (χ4n) is 2.54. The number of carbonyl (C=O) groups excluding carboxylic acids is 1. The minimum Gasteiger partial charge on any atom is -0.480 e. The van der Waals surface area contributed by atoms with Gasteiger partial charge in [0, 0.05) is 33.8 Å². The number of hydrogen-bond acceptors (Lipinski definition) is 5. The first-order valence-corrected chi connectivity index (χ1v) is 8.62. The number of rotatable bonds is 8. The van der Waals surface area contributed by atoms with E-state index in [9.17, 15) is 19.7 Å². The Morgan fingerprint density at radius 1 is 1.19 bits per heavy atom. The molecule has 136 valence electrons. The third kappa shape index (κ3) is 4.96. The minimum absolute atomic E-state index is 0.0682. The lowest BCUT2D eigenvalue weighted by Crippen LogP contribution is -2.29. The van der Waals surface area contributed by atoms with Crippen LogP contribution in [0.4, 0.5) is 5.69 Å². The van der Waals surface area contributed by atoms with Crippen molar-refractivity contribution in [1.29, 1.82) is 0 Å². The highest BCUT2D eigenvalue weighted by atomic mass is 79.9. The van der Waals surface area contributed by atoms with E-state index < -0.39 is 10.9 Å². The van der Waals surface area contributed by atoms with E-state index in [-0.39, 0.29) is 24.6 Å². The monoisotopic (exact) mass is 420 g/mol. The number of likely N-dealkylation sites (N-methyl/N-ethyl adjacent to an activating group) is 1. The molecule has 0 amide bonds. The van der Waals surface area contributed by atoms with Crippen molar-refractivity contribution in [3.63, 3.8) is 0 Å². The molecule has 0 heterocycles. The predicted molar refractivity (Wildman–Crippen MR) is 99.3 cm³/mol. The average molecular weight is 421 g/mol. The molecule has 0 aromatic heterocycles. The van der Waals surface area contributed by atoms with E-state index in [1.165, 1.54) is 18.2 Å². The van der Waals surface area contributed by atoms with Gasteiger partial charge in [-0.3, -0.25) is 24.6 Å². The molecule has 0 fully saturated rings. The number of benzene rings is 2. The Bertz CT molecular complexity index is 853. The number of halogens is 1. The molecular weight excluding hydrogens is 404 g/mol. The normalized spacial score (nSPS) is 10.7. The molecular formula is C18H17BrN2O5. The van der Waals surface area contributed by atoms with Crippen molar-refractivity contribution < 1.29 is 19.6 Å². The first-order chi connectivity index (χ1) is 12.3. The zero-order valence-electron chi connectivity index (χ0n) is 14.0. The quantitative estimate of drug-likeness (QED) is 0.398. The van der Waals surface area contributed by atoms with Crippen LogP contribution >= 0.6 is 15.9 Å². The molecule has 2 aromatic carbocycles. The second-order valence-corrected chi connectivity index (χ2v) is 6.55. The number of nitrogens with zero attached hydrogens (tertiary/aromatic N) is 2. The summed E-state index contributed by atoms with van der Waals surface area (Å²) in [6.07, 6.45) is 0. The molecule has 7 nitrogen and oxygen atoms in total. The van der Waals surface area contributed by atoms with E-state index in [2.05, 4.69) is 15.9 Å². The summed E-state index contributed by atoms with van der Waals surface area (Å²) in [5.74, 6) is -1.28. The van der Waals surface area contributed by atoms with E-state index in [1.807, 2.05) is 0 Å². The summed E-state index contributed by atoms with van der Waals surface area (Å²) in [5, 5.41) is 20.2. The molecule has 26 heavy (non-hydrogen) atoms. The maximum atomic E-state index is 12.7. The van der Waals surface area contributed by atoms with Crippen LogP contribution < -0.4 is 0 Å². The first-order valence-electron chi connectivity index (χ1n) is 7.83.